The Morgan fingerprint density at radius 2 is 1.76 bits per heavy atom. The molecule has 4 nitrogen and oxygen atoms in total. The molecule has 2 N–H and O–H groups in total. The monoisotopic (exact) mass is 299 g/mol. The van der Waals surface area contributed by atoms with E-state index in [0.717, 1.165) is 4.47 Å². The van der Waals surface area contributed by atoms with Crippen molar-refractivity contribution >= 4 is 27.8 Å². The summed E-state index contributed by atoms with van der Waals surface area (Å²) < 4.78 is 0.868. The molecule has 1 amide bonds. The second-order valence-corrected chi connectivity index (χ2v) is 4.96. The molecule has 0 aromatic heterocycles. The second kappa shape index (κ2) is 5.82. The maximum Gasteiger partial charge on any atom is 0.326 e. The van der Waals surface area contributed by atoms with Crippen molar-refractivity contribution in [3.8, 4) is 0 Å². The van der Waals surface area contributed by atoms with E-state index in [9.17, 15) is 9.59 Å². The number of carboxylic acid groups (broad SMARTS) is 1. The highest BCUT2D eigenvalue weighted by Crippen LogP contribution is 2.11. The molecule has 0 fully saturated rings. The lowest BCUT2D eigenvalue weighted by molar-refractivity contribution is -0.140. The van der Waals surface area contributed by atoms with Crippen molar-refractivity contribution in [2.75, 3.05) is 0 Å². The third kappa shape index (κ3) is 3.85. The van der Waals surface area contributed by atoms with Crippen molar-refractivity contribution in [1.29, 1.82) is 0 Å². The molecule has 1 atom stereocenters. The van der Waals surface area contributed by atoms with E-state index in [2.05, 4.69) is 21.2 Å². The van der Waals surface area contributed by atoms with Crippen LogP contribution in [-0.4, -0.2) is 23.0 Å². The van der Waals surface area contributed by atoms with Crippen LogP contribution in [0.25, 0.3) is 0 Å². The Balaban J connectivity index is 2.77. The summed E-state index contributed by atoms with van der Waals surface area (Å²) >= 11 is 3.27. The molecule has 0 saturated carbocycles. The highest BCUT2D eigenvalue weighted by Gasteiger charge is 2.23. The second-order valence-electron chi connectivity index (χ2n) is 4.04. The van der Waals surface area contributed by atoms with E-state index in [4.69, 9.17) is 5.11 Å². The van der Waals surface area contributed by atoms with Gasteiger partial charge in [-0.3, -0.25) is 4.79 Å². The summed E-state index contributed by atoms with van der Waals surface area (Å²) in [5.41, 5.74) is 0.445. The van der Waals surface area contributed by atoms with E-state index in [-0.39, 0.29) is 11.8 Å². The van der Waals surface area contributed by atoms with Crippen LogP contribution in [-0.2, 0) is 4.79 Å². The van der Waals surface area contributed by atoms with E-state index in [1.165, 1.54) is 0 Å². The van der Waals surface area contributed by atoms with Crippen LogP contribution < -0.4 is 5.32 Å². The summed E-state index contributed by atoms with van der Waals surface area (Å²) in [6.45, 7) is 3.50. The number of carbonyl (C=O) groups is 2. The fraction of sp³-hybridized carbons (Fsp3) is 0.333. The van der Waals surface area contributed by atoms with Gasteiger partial charge in [-0.15, -0.1) is 0 Å². The predicted octanol–water partition coefficient (Wildman–Crippen LogP) is 2.29. The van der Waals surface area contributed by atoms with Gasteiger partial charge in [-0.05, 0) is 30.2 Å². The van der Waals surface area contributed by atoms with E-state index < -0.39 is 12.0 Å². The fourth-order valence-electron chi connectivity index (χ4n) is 1.34. The SMILES string of the molecule is CC(C)C(NC(=O)c1ccc(Br)cc1)C(=O)O. The first-order valence-electron chi connectivity index (χ1n) is 5.21. The Morgan fingerprint density at radius 1 is 1.24 bits per heavy atom. The number of nitrogens with one attached hydrogen (secondary N) is 1. The molecule has 17 heavy (non-hydrogen) atoms. The molecule has 0 radical (unpaired) electrons. The third-order valence-corrected chi connectivity index (χ3v) is 2.85. The van der Waals surface area contributed by atoms with Gasteiger partial charge in [-0.25, -0.2) is 4.79 Å². The van der Waals surface area contributed by atoms with Crippen molar-refractivity contribution in [3.05, 3.63) is 34.3 Å². The van der Waals surface area contributed by atoms with Gasteiger partial charge < -0.3 is 10.4 Å². The van der Waals surface area contributed by atoms with Gasteiger partial charge in [0.2, 0.25) is 0 Å². The van der Waals surface area contributed by atoms with Crippen LogP contribution in [0.5, 0.6) is 0 Å². The zero-order valence-electron chi connectivity index (χ0n) is 9.61. The number of carbonyl (C=O) groups excluding carboxylic acids is 1. The van der Waals surface area contributed by atoms with Gasteiger partial charge in [0.05, 0.1) is 0 Å². The Bertz CT molecular complexity index is 414. The van der Waals surface area contributed by atoms with Crippen LogP contribution in [0, 0.1) is 5.92 Å². The van der Waals surface area contributed by atoms with Crippen molar-refractivity contribution < 1.29 is 14.7 Å². The number of amides is 1. The fourth-order valence-corrected chi connectivity index (χ4v) is 1.60. The third-order valence-electron chi connectivity index (χ3n) is 2.33. The van der Waals surface area contributed by atoms with Crippen molar-refractivity contribution in [2.45, 2.75) is 19.9 Å². The number of aliphatic carboxylic acids is 1. The number of halogens is 1. The standard InChI is InChI=1S/C12H14BrNO3/c1-7(2)10(12(16)17)14-11(15)8-3-5-9(13)6-4-8/h3-7,10H,1-2H3,(H,14,15)(H,16,17). The van der Waals surface area contributed by atoms with Gasteiger partial charge >= 0.3 is 5.97 Å². The topological polar surface area (TPSA) is 66.4 Å². The molecule has 0 aliphatic rings. The molecule has 0 bridgehead atoms. The van der Waals surface area contributed by atoms with Crippen LogP contribution in [0.4, 0.5) is 0 Å². The summed E-state index contributed by atoms with van der Waals surface area (Å²) in [4.78, 5) is 22.7. The maximum absolute atomic E-state index is 11.8. The van der Waals surface area contributed by atoms with E-state index >= 15 is 0 Å². The summed E-state index contributed by atoms with van der Waals surface area (Å²) in [5.74, 6) is -1.56. The Hall–Kier alpha value is -1.36. The minimum Gasteiger partial charge on any atom is -0.480 e. The number of carboxylic acids is 1. The summed E-state index contributed by atoms with van der Waals surface area (Å²) in [5, 5.41) is 11.5. The molecule has 0 aliphatic carbocycles. The lowest BCUT2D eigenvalue weighted by Crippen LogP contribution is -2.44. The van der Waals surface area contributed by atoms with Crippen LogP contribution in [0.15, 0.2) is 28.7 Å². The van der Waals surface area contributed by atoms with Crippen LogP contribution in [0.3, 0.4) is 0 Å². The minimum atomic E-state index is -1.02. The number of hydrogen-bond acceptors (Lipinski definition) is 2. The molecule has 0 aliphatic heterocycles. The van der Waals surface area contributed by atoms with Gasteiger partial charge in [0.15, 0.2) is 0 Å². The predicted molar refractivity (Wildman–Crippen MR) is 67.9 cm³/mol. The smallest absolute Gasteiger partial charge is 0.326 e. The van der Waals surface area contributed by atoms with Crippen molar-refractivity contribution in [3.63, 3.8) is 0 Å². The molecule has 1 rings (SSSR count). The van der Waals surface area contributed by atoms with Crippen molar-refractivity contribution in [1.82, 2.24) is 5.32 Å². The molecule has 1 aromatic carbocycles. The number of rotatable bonds is 4. The van der Waals surface area contributed by atoms with Gasteiger partial charge in [0, 0.05) is 10.0 Å². The van der Waals surface area contributed by atoms with Gasteiger partial charge in [0.1, 0.15) is 6.04 Å². The van der Waals surface area contributed by atoms with Crippen molar-refractivity contribution in [2.24, 2.45) is 5.92 Å². The highest BCUT2D eigenvalue weighted by molar-refractivity contribution is 9.10. The maximum atomic E-state index is 11.8. The van der Waals surface area contributed by atoms with Crippen LogP contribution >= 0.6 is 15.9 Å². The largest absolute Gasteiger partial charge is 0.480 e. The molecule has 0 heterocycles. The molecule has 92 valence electrons. The molecule has 0 spiro atoms. The summed E-state index contributed by atoms with van der Waals surface area (Å²) in [6, 6.07) is 5.88. The molecule has 0 saturated heterocycles. The molecule has 1 unspecified atom stereocenters. The van der Waals surface area contributed by atoms with E-state index in [0.29, 0.717) is 5.56 Å². The molecular weight excluding hydrogens is 286 g/mol. The highest BCUT2D eigenvalue weighted by atomic mass is 79.9. The zero-order valence-corrected chi connectivity index (χ0v) is 11.2. The van der Waals surface area contributed by atoms with Gasteiger partial charge in [0.25, 0.3) is 5.91 Å². The lowest BCUT2D eigenvalue weighted by atomic mass is 10.0. The Kier molecular flexibility index (Phi) is 4.69. The first kappa shape index (κ1) is 13.7. The van der Waals surface area contributed by atoms with Gasteiger partial charge in [-0.1, -0.05) is 29.8 Å². The normalized spacial score (nSPS) is 12.2. The lowest BCUT2D eigenvalue weighted by Gasteiger charge is -2.17. The average Bonchev–Trinajstić information content (AvgIpc) is 2.25. The van der Waals surface area contributed by atoms with E-state index in [1.54, 1.807) is 38.1 Å². The quantitative estimate of drug-likeness (QED) is 0.896. The summed E-state index contributed by atoms with van der Waals surface area (Å²) in [6.07, 6.45) is 0. The van der Waals surface area contributed by atoms with Crippen LogP contribution in [0.2, 0.25) is 0 Å². The number of hydrogen-bond donors (Lipinski definition) is 2. The van der Waals surface area contributed by atoms with Gasteiger partial charge in [-0.2, -0.15) is 0 Å². The van der Waals surface area contributed by atoms with E-state index in [1.807, 2.05) is 0 Å². The number of benzene rings is 1. The molecule has 5 heteroatoms. The minimum absolute atomic E-state index is 0.160. The first-order valence-corrected chi connectivity index (χ1v) is 6.00. The van der Waals surface area contributed by atoms with Crippen LogP contribution in [0.1, 0.15) is 24.2 Å². The first-order chi connectivity index (χ1) is 7.91. The molecule has 1 aromatic rings. The Morgan fingerprint density at radius 3 is 2.18 bits per heavy atom. The zero-order chi connectivity index (χ0) is 13.0. The average molecular weight is 300 g/mol. The summed E-state index contributed by atoms with van der Waals surface area (Å²) in [7, 11) is 0. The molecular formula is C12H14BrNO3. The Labute approximate surface area is 108 Å².